The van der Waals surface area contributed by atoms with E-state index < -0.39 is 0 Å². The number of fused-ring (bicyclic) bond motifs is 1. The number of aryl methyl sites for hydroxylation is 3. The van der Waals surface area contributed by atoms with Gasteiger partial charge >= 0.3 is 0 Å². The fourth-order valence-electron chi connectivity index (χ4n) is 3.97. The van der Waals surface area contributed by atoms with Gasteiger partial charge in [-0.3, -0.25) is 0 Å². The molecule has 0 spiro atoms. The number of hydrogen-bond acceptors (Lipinski definition) is 5. The highest BCUT2D eigenvalue weighted by atomic mass is 79.9. The first-order valence-electron chi connectivity index (χ1n) is 10.4. The zero-order valence-corrected chi connectivity index (χ0v) is 19.9. The van der Waals surface area contributed by atoms with Crippen molar-refractivity contribution in [3.05, 3.63) is 81.2 Å². The van der Waals surface area contributed by atoms with Crippen molar-refractivity contribution in [3.63, 3.8) is 0 Å². The molecule has 0 saturated carbocycles. The van der Waals surface area contributed by atoms with Gasteiger partial charge in [-0.1, -0.05) is 47.1 Å². The summed E-state index contributed by atoms with van der Waals surface area (Å²) >= 11 is 3.55. The molecule has 164 valence electrons. The molecule has 0 bridgehead atoms. The first-order chi connectivity index (χ1) is 15.4. The fraction of sp³-hybridized carbons (Fsp3) is 0.208. The summed E-state index contributed by atoms with van der Waals surface area (Å²) < 4.78 is 3.18. The Morgan fingerprint density at radius 2 is 1.84 bits per heavy atom. The Morgan fingerprint density at radius 1 is 1.09 bits per heavy atom. The molecule has 2 aromatic carbocycles. The van der Waals surface area contributed by atoms with Crippen LogP contribution < -0.4 is 17.1 Å². The minimum Gasteiger partial charge on any atom is -0.382 e. The molecule has 0 amide bonds. The molecule has 8 heteroatoms. The highest BCUT2D eigenvalue weighted by Gasteiger charge is 2.14. The first kappa shape index (κ1) is 22.0. The average Bonchev–Trinajstić information content (AvgIpc) is 3.12. The number of hydrogen-bond donors (Lipinski definition) is 3. The zero-order valence-electron chi connectivity index (χ0n) is 18.4. The van der Waals surface area contributed by atoms with Crippen molar-refractivity contribution in [3.8, 4) is 11.1 Å². The minimum absolute atomic E-state index is 0.327. The Bertz CT molecular complexity index is 1310. The number of aromatic nitrogens is 3. The van der Waals surface area contributed by atoms with Crippen LogP contribution in [-0.4, -0.2) is 20.4 Å². The van der Waals surface area contributed by atoms with Gasteiger partial charge < -0.3 is 10.3 Å². The predicted molar refractivity (Wildman–Crippen MR) is 133 cm³/mol. The number of nitrogens with one attached hydrogen (secondary N) is 1. The second kappa shape index (κ2) is 9.10. The number of benzene rings is 2. The zero-order chi connectivity index (χ0) is 22.8. The van der Waals surface area contributed by atoms with E-state index in [1.165, 1.54) is 5.56 Å². The third-order valence-corrected chi connectivity index (χ3v) is 5.96. The molecule has 0 aliphatic rings. The van der Waals surface area contributed by atoms with E-state index in [1.54, 1.807) is 0 Å². The molecule has 2 aromatic heterocycles. The Morgan fingerprint density at radius 3 is 2.53 bits per heavy atom. The minimum atomic E-state index is 0.327. The van der Waals surface area contributed by atoms with E-state index in [2.05, 4.69) is 75.3 Å². The van der Waals surface area contributed by atoms with Crippen molar-refractivity contribution in [2.24, 2.45) is 16.7 Å². The number of nitrogens with two attached hydrogens (primary N) is 2. The fourth-order valence-corrected chi connectivity index (χ4v) is 4.33. The molecule has 0 atom stereocenters. The van der Waals surface area contributed by atoms with E-state index in [-0.39, 0.29) is 0 Å². The van der Waals surface area contributed by atoms with Crippen LogP contribution in [0.3, 0.4) is 0 Å². The van der Waals surface area contributed by atoms with Crippen molar-refractivity contribution in [2.45, 2.75) is 33.7 Å². The van der Waals surface area contributed by atoms with Crippen LogP contribution in [0.2, 0.25) is 0 Å². The van der Waals surface area contributed by atoms with E-state index in [0.29, 0.717) is 12.4 Å². The lowest BCUT2D eigenvalue weighted by Crippen LogP contribution is -2.23. The van der Waals surface area contributed by atoms with Gasteiger partial charge in [-0.25, -0.2) is 21.3 Å². The number of hydrazine groups is 1. The van der Waals surface area contributed by atoms with Gasteiger partial charge in [-0.2, -0.15) is 0 Å². The molecular formula is C24H26BrN7. The van der Waals surface area contributed by atoms with Crippen LogP contribution in [0.15, 0.2) is 58.1 Å². The van der Waals surface area contributed by atoms with Crippen LogP contribution in [0.1, 0.15) is 35.1 Å². The summed E-state index contributed by atoms with van der Waals surface area (Å²) in [5.41, 5.74) is 16.4. The number of hydrazone groups is 1. The molecule has 0 saturated heterocycles. The summed E-state index contributed by atoms with van der Waals surface area (Å²) in [5.74, 6) is 6.68. The molecular weight excluding hydrogens is 466 g/mol. The third kappa shape index (κ3) is 4.24. The Hall–Kier alpha value is -3.23. The van der Waals surface area contributed by atoms with E-state index in [1.807, 2.05) is 25.1 Å². The maximum atomic E-state index is 6.10. The second-order valence-corrected chi connectivity index (χ2v) is 8.65. The number of pyridine rings is 1. The SMILES string of the molecule is CCc1nc2c(C)cc(C)nc2n1Cc1ccc(-c2cc(Br)ccc2/C(N)=N/NN)cc1. The van der Waals surface area contributed by atoms with Gasteiger partial charge in [0.2, 0.25) is 0 Å². The quantitative estimate of drug-likeness (QED) is 0.162. The summed E-state index contributed by atoms with van der Waals surface area (Å²) in [5, 5.41) is 3.93. The Kier molecular flexibility index (Phi) is 6.25. The van der Waals surface area contributed by atoms with E-state index >= 15 is 0 Å². The van der Waals surface area contributed by atoms with Gasteiger partial charge in [-0.15, -0.1) is 5.10 Å². The molecule has 0 fully saturated rings. The van der Waals surface area contributed by atoms with Crippen LogP contribution in [0.25, 0.3) is 22.3 Å². The van der Waals surface area contributed by atoms with Crippen LogP contribution in [-0.2, 0) is 13.0 Å². The topological polar surface area (TPSA) is 107 Å². The molecule has 2 heterocycles. The summed E-state index contributed by atoms with van der Waals surface area (Å²) in [6, 6.07) is 16.4. The molecule has 0 aliphatic carbocycles. The predicted octanol–water partition coefficient (Wildman–Crippen LogP) is 4.17. The Balaban J connectivity index is 1.71. The van der Waals surface area contributed by atoms with Crippen LogP contribution >= 0.6 is 15.9 Å². The van der Waals surface area contributed by atoms with E-state index in [9.17, 15) is 0 Å². The lowest BCUT2D eigenvalue weighted by atomic mass is 9.98. The number of amidine groups is 1. The van der Waals surface area contributed by atoms with Gasteiger partial charge in [-0.05, 0) is 60.4 Å². The van der Waals surface area contributed by atoms with Crippen LogP contribution in [0.5, 0.6) is 0 Å². The smallest absolute Gasteiger partial charge is 0.160 e. The summed E-state index contributed by atoms with van der Waals surface area (Å²) in [6.45, 7) is 6.95. The van der Waals surface area contributed by atoms with Gasteiger partial charge in [0.15, 0.2) is 11.5 Å². The monoisotopic (exact) mass is 491 g/mol. The van der Waals surface area contributed by atoms with Crippen molar-refractivity contribution < 1.29 is 0 Å². The highest BCUT2D eigenvalue weighted by molar-refractivity contribution is 9.10. The molecule has 0 aliphatic heterocycles. The maximum absolute atomic E-state index is 6.10. The van der Waals surface area contributed by atoms with Gasteiger partial charge in [0.1, 0.15) is 11.3 Å². The number of halogens is 1. The van der Waals surface area contributed by atoms with Gasteiger partial charge in [0.05, 0.1) is 6.54 Å². The van der Waals surface area contributed by atoms with Crippen molar-refractivity contribution in [2.75, 3.05) is 0 Å². The number of imidazole rings is 1. The summed E-state index contributed by atoms with van der Waals surface area (Å²) in [6.07, 6.45) is 0.849. The second-order valence-electron chi connectivity index (χ2n) is 7.73. The largest absolute Gasteiger partial charge is 0.382 e. The molecule has 0 unspecified atom stereocenters. The molecule has 4 aromatic rings. The molecule has 7 nitrogen and oxygen atoms in total. The standard InChI is InChI=1S/C24H26BrN7/c1-4-21-29-22-14(2)11-15(3)28-24(22)32(21)13-16-5-7-17(8-6-16)20-12-18(25)9-10-19(20)23(26)30-31-27/h5-12,31H,4,13,27H2,1-3H3,(H2,26,30). The van der Waals surface area contributed by atoms with Crippen molar-refractivity contribution in [1.29, 1.82) is 0 Å². The lowest BCUT2D eigenvalue weighted by Gasteiger charge is -2.12. The molecule has 0 radical (unpaired) electrons. The third-order valence-electron chi connectivity index (χ3n) is 5.47. The van der Waals surface area contributed by atoms with Crippen molar-refractivity contribution in [1.82, 2.24) is 20.1 Å². The number of nitrogens with zero attached hydrogens (tertiary/aromatic N) is 4. The summed E-state index contributed by atoms with van der Waals surface area (Å²) in [4.78, 5) is 9.62. The van der Waals surface area contributed by atoms with Gasteiger partial charge in [0.25, 0.3) is 0 Å². The lowest BCUT2D eigenvalue weighted by molar-refractivity contribution is 0.745. The molecule has 5 N–H and O–H groups in total. The maximum Gasteiger partial charge on any atom is 0.160 e. The van der Waals surface area contributed by atoms with Crippen LogP contribution in [0, 0.1) is 13.8 Å². The Labute approximate surface area is 195 Å². The van der Waals surface area contributed by atoms with Gasteiger partial charge in [0, 0.05) is 22.2 Å². The summed E-state index contributed by atoms with van der Waals surface area (Å²) in [7, 11) is 0. The molecule has 4 rings (SSSR count). The normalized spacial score (nSPS) is 11.8. The molecule has 32 heavy (non-hydrogen) atoms. The van der Waals surface area contributed by atoms with Crippen LogP contribution in [0.4, 0.5) is 0 Å². The number of rotatable bonds is 6. The first-order valence-corrected chi connectivity index (χ1v) is 11.2. The van der Waals surface area contributed by atoms with Crippen molar-refractivity contribution >= 4 is 32.9 Å². The van der Waals surface area contributed by atoms with E-state index in [4.69, 9.17) is 21.5 Å². The highest BCUT2D eigenvalue weighted by Crippen LogP contribution is 2.28. The average molecular weight is 492 g/mol. The van der Waals surface area contributed by atoms with E-state index in [0.717, 1.165) is 55.8 Å².